The van der Waals surface area contributed by atoms with Crippen molar-refractivity contribution in [2.45, 2.75) is 63.0 Å². The van der Waals surface area contributed by atoms with Gasteiger partial charge in [0.2, 0.25) is 4.87 Å². The summed E-state index contributed by atoms with van der Waals surface area (Å²) in [7, 11) is 1.63. The topological polar surface area (TPSA) is 59.1 Å². The summed E-state index contributed by atoms with van der Waals surface area (Å²) < 4.78 is 5.83. The van der Waals surface area contributed by atoms with Gasteiger partial charge in [0.15, 0.2) is 5.78 Å². The highest BCUT2D eigenvalue weighted by Crippen LogP contribution is 2.51. The summed E-state index contributed by atoms with van der Waals surface area (Å²) in [4.78, 5) is 33.4. The Labute approximate surface area is 183 Å². The minimum absolute atomic E-state index is 0.0432. The Bertz CT molecular complexity index is 836. The van der Waals surface area contributed by atoms with Crippen molar-refractivity contribution in [2.24, 2.45) is 0 Å². The van der Waals surface area contributed by atoms with Crippen LogP contribution in [0.2, 0.25) is 0 Å². The van der Waals surface area contributed by atoms with Crippen LogP contribution in [-0.4, -0.2) is 66.6 Å². The van der Waals surface area contributed by atoms with Crippen molar-refractivity contribution in [1.82, 2.24) is 9.96 Å². The average Bonchev–Trinajstić information content (AvgIpc) is 3.27. The van der Waals surface area contributed by atoms with Gasteiger partial charge in [-0.1, -0.05) is 29.3 Å². The second-order valence-electron chi connectivity index (χ2n) is 8.96. The number of carbonyl (C=O) groups is 2. The third-order valence-corrected chi connectivity index (χ3v) is 7.55. The van der Waals surface area contributed by atoms with Crippen molar-refractivity contribution in [3.05, 3.63) is 34.4 Å². The van der Waals surface area contributed by atoms with E-state index in [-0.39, 0.29) is 17.8 Å². The molecule has 4 rings (SSSR count). The Morgan fingerprint density at radius 3 is 2.33 bits per heavy atom. The summed E-state index contributed by atoms with van der Waals surface area (Å²) in [6.07, 6.45) is 2.86. The van der Waals surface area contributed by atoms with Crippen LogP contribution in [0, 0.1) is 20.8 Å². The molecule has 1 aromatic carbocycles. The van der Waals surface area contributed by atoms with E-state index in [2.05, 4.69) is 0 Å². The molecule has 3 saturated heterocycles. The predicted molar refractivity (Wildman–Crippen MR) is 114 cm³/mol. The lowest BCUT2D eigenvalue weighted by molar-refractivity contribution is -0.168. The number of likely N-dealkylation sites (tertiary alicyclic amines) is 1. The Kier molecular flexibility index (Phi) is 5.73. The molecule has 1 amide bonds. The van der Waals surface area contributed by atoms with Gasteiger partial charge in [-0.05, 0) is 63.1 Å². The number of benzene rings is 1. The monoisotopic (exact) mass is 434 g/mol. The van der Waals surface area contributed by atoms with Gasteiger partial charge in [0.1, 0.15) is 5.54 Å². The molecule has 30 heavy (non-hydrogen) atoms. The molecule has 2 unspecified atom stereocenters. The first kappa shape index (κ1) is 21.8. The standard InChI is InChI=1S/C23H31ClN2O4/c1-15-12-16(2)19(17(3)13-15)23(24)20(27)22(7-9-25(29-4)10-8-22)26(21(23)28)14-18-6-5-11-30-18/h12-13,18H,5-11,14H2,1-4H3. The first-order valence-electron chi connectivity index (χ1n) is 10.8. The largest absolute Gasteiger partial charge is 0.376 e. The van der Waals surface area contributed by atoms with Crippen LogP contribution in [0.4, 0.5) is 0 Å². The van der Waals surface area contributed by atoms with Gasteiger partial charge in [0, 0.05) is 26.2 Å². The Balaban J connectivity index is 1.80. The highest BCUT2D eigenvalue weighted by molar-refractivity contribution is 6.49. The molecule has 3 aliphatic rings. The number of amides is 1. The second-order valence-corrected chi connectivity index (χ2v) is 9.52. The minimum Gasteiger partial charge on any atom is -0.376 e. The quantitative estimate of drug-likeness (QED) is 0.538. The fourth-order valence-electron chi connectivity index (χ4n) is 5.65. The number of aryl methyl sites for hydroxylation is 3. The normalized spacial score (nSPS) is 29.4. The van der Waals surface area contributed by atoms with Crippen LogP contribution >= 0.6 is 11.6 Å². The molecular formula is C23H31ClN2O4. The number of hydroxylamine groups is 2. The van der Waals surface area contributed by atoms with E-state index in [9.17, 15) is 9.59 Å². The molecular weight excluding hydrogens is 404 g/mol. The van der Waals surface area contributed by atoms with E-state index in [1.54, 1.807) is 12.0 Å². The lowest BCUT2D eigenvalue weighted by atomic mass is 9.78. The number of piperidine rings is 1. The number of hydrogen-bond donors (Lipinski definition) is 0. The van der Waals surface area contributed by atoms with Gasteiger partial charge < -0.3 is 14.5 Å². The summed E-state index contributed by atoms with van der Waals surface area (Å²) in [6, 6.07) is 3.99. The van der Waals surface area contributed by atoms with Gasteiger partial charge in [0.25, 0.3) is 5.91 Å². The molecule has 3 heterocycles. The van der Waals surface area contributed by atoms with Gasteiger partial charge in [-0.15, -0.1) is 0 Å². The molecule has 0 radical (unpaired) electrons. The Morgan fingerprint density at radius 2 is 1.80 bits per heavy atom. The third kappa shape index (κ3) is 3.20. The first-order valence-corrected chi connectivity index (χ1v) is 11.2. The third-order valence-electron chi connectivity index (χ3n) is 7.03. The van der Waals surface area contributed by atoms with Crippen molar-refractivity contribution in [3.63, 3.8) is 0 Å². The minimum atomic E-state index is -1.68. The van der Waals surface area contributed by atoms with E-state index in [0.717, 1.165) is 29.5 Å². The smallest absolute Gasteiger partial charge is 0.257 e. The highest BCUT2D eigenvalue weighted by Gasteiger charge is 2.68. The fourth-order valence-corrected chi connectivity index (χ4v) is 6.23. The van der Waals surface area contributed by atoms with E-state index in [1.165, 1.54) is 0 Å². The molecule has 1 aromatic rings. The average molecular weight is 435 g/mol. The Morgan fingerprint density at radius 1 is 1.17 bits per heavy atom. The van der Waals surface area contributed by atoms with Crippen molar-refractivity contribution >= 4 is 23.3 Å². The number of Topliss-reactive ketones (excluding diaryl/α,β-unsaturated/α-hetero) is 1. The second kappa shape index (κ2) is 7.90. The number of alkyl halides is 1. The zero-order valence-corrected chi connectivity index (χ0v) is 19.1. The number of nitrogens with zero attached hydrogens (tertiary/aromatic N) is 2. The van der Waals surface area contributed by atoms with Crippen molar-refractivity contribution in [1.29, 1.82) is 0 Å². The van der Waals surface area contributed by atoms with Crippen molar-refractivity contribution in [2.75, 3.05) is 33.4 Å². The number of ether oxygens (including phenoxy) is 1. The lowest BCUT2D eigenvalue weighted by Crippen LogP contribution is -2.57. The molecule has 0 saturated carbocycles. The molecule has 0 bridgehead atoms. The summed E-state index contributed by atoms with van der Waals surface area (Å²) in [5.74, 6) is -0.490. The number of hydrogen-bond acceptors (Lipinski definition) is 5. The fraction of sp³-hybridized carbons (Fsp3) is 0.652. The van der Waals surface area contributed by atoms with Crippen molar-refractivity contribution < 1.29 is 19.2 Å². The molecule has 7 heteroatoms. The van der Waals surface area contributed by atoms with E-state index >= 15 is 0 Å². The van der Waals surface area contributed by atoms with Crippen LogP contribution in [0.5, 0.6) is 0 Å². The molecule has 0 N–H and O–H groups in total. The highest BCUT2D eigenvalue weighted by atomic mass is 35.5. The number of ketones is 1. The van der Waals surface area contributed by atoms with Crippen LogP contribution in [0.1, 0.15) is 47.9 Å². The predicted octanol–water partition coefficient (Wildman–Crippen LogP) is 3.03. The van der Waals surface area contributed by atoms with Crippen LogP contribution in [-0.2, 0) is 24.0 Å². The molecule has 0 aliphatic carbocycles. The van der Waals surface area contributed by atoms with Gasteiger partial charge in [-0.2, -0.15) is 5.06 Å². The lowest BCUT2D eigenvalue weighted by Gasteiger charge is -2.43. The van der Waals surface area contributed by atoms with E-state index < -0.39 is 10.4 Å². The van der Waals surface area contributed by atoms with Crippen LogP contribution < -0.4 is 0 Å². The zero-order chi connectivity index (χ0) is 21.7. The van der Waals surface area contributed by atoms with E-state index in [4.69, 9.17) is 21.2 Å². The number of rotatable bonds is 4. The van der Waals surface area contributed by atoms with Gasteiger partial charge >= 0.3 is 0 Å². The molecule has 164 valence electrons. The van der Waals surface area contributed by atoms with Gasteiger partial charge in [-0.25, -0.2) is 0 Å². The van der Waals surface area contributed by atoms with Crippen molar-refractivity contribution in [3.8, 4) is 0 Å². The first-order chi connectivity index (χ1) is 14.2. The number of halogens is 1. The number of carbonyl (C=O) groups excluding carboxylic acids is 2. The molecule has 1 spiro atoms. The molecule has 0 aromatic heterocycles. The summed E-state index contributed by atoms with van der Waals surface area (Å²) >= 11 is 7.11. The maximum Gasteiger partial charge on any atom is 0.257 e. The molecule has 3 aliphatic heterocycles. The SMILES string of the molecule is CON1CCC2(CC1)C(=O)C(Cl)(c1c(C)cc(C)cc1C)C(=O)N2CC1CCCO1. The van der Waals surface area contributed by atoms with Gasteiger partial charge in [0.05, 0.1) is 13.2 Å². The maximum absolute atomic E-state index is 14.1. The van der Waals surface area contributed by atoms with E-state index in [0.29, 0.717) is 44.6 Å². The zero-order valence-electron chi connectivity index (χ0n) is 18.3. The van der Waals surface area contributed by atoms with Gasteiger partial charge in [-0.3, -0.25) is 9.59 Å². The van der Waals surface area contributed by atoms with Crippen LogP contribution in [0.15, 0.2) is 12.1 Å². The van der Waals surface area contributed by atoms with E-state index in [1.807, 2.05) is 38.0 Å². The molecule has 6 nitrogen and oxygen atoms in total. The summed E-state index contributed by atoms with van der Waals surface area (Å²) in [5, 5.41) is 1.84. The maximum atomic E-state index is 14.1. The molecule has 3 fully saturated rings. The summed E-state index contributed by atoms with van der Waals surface area (Å²) in [5.41, 5.74) is 2.59. The van der Waals surface area contributed by atoms with Crippen LogP contribution in [0.25, 0.3) is 0 Å². The molecule has 2 atom stereocenters. The van der Waals surface area contributed by atoms with Crippen LogP contribution in [0.3, 0.4) is 0 Å². The summed E-state index contributed by atoms with van der Waals surface area (Å²) in [6.45, 7) is 8.15. The Hall–Kier alpha value is -1.47.